The average molecular weight is 345 g/mol. The SMILES string of the molecule is COCCCN1CCC(CNC(=O)C2(Cc3ccccc3)CNC2)C1. The fourth-order valence-electron chi connectivity index (χ4n) is 3.92. The quantitative estimate of drug-likeness (QED) is 0.663. The molecule has 2 fully saturated rings. The van der Waals surface area contributed by atoms with Gasteiger partial charge < -0.3 is 20.3 Å². The van der Waals surface area contributed by atoms with Crippen molar-refractivity contribution in [2.45, 2.75) is 19.3 Å². The number of carbonyl (C=O) groups excluding carboxylic acids is 1. The Morgan fingerprint density at radius 2 is 2.16 bits per heavy atom. The van der Waals surface area contributed by atoms with E-state index in [4.69, 9.17) is 4.74 Å². The lowest BCUT2D eigenvalue weighted by Crippen LogP contribution is -2.62. The second-order valence-corrected chi connectivity index (χ2v) is 7.56. The molecule has 1 atom stereocenters. The van der Waals surface area contributed by atoms with Gasteiger partial charge in [0.1, 0.15) is 0 Å². The first-order valence-corrected chi connectivity index (χ1v) is 9.46. The van der Waals surface area contributed by atoms with Crippen molar-refractivity contribution in [3.8, 4) is 0 Å². The molecule has 0 radical (unpaired) electrons. The molecule has 5 nitrogen and oxygen atoms in total. The first-order chi connectivity index (χ1) is 12.2. The van der Waals surface area contributed by atoms with Crippen molar-refractivity contribution in [3.63, 3.8) is 0 Å². The molecule has 3 rings (SSSR count). The lowest BCUT2D eigenvalue weighted by atomic mass is 9.75. The highest BCUT2D eigenvalue weighted by Crippen LogP contribution is 2.28. The molecule has 0 bridgehead atoms. The van der Waals surface area contributed by atoms with E-state index in [0.29, 0.717) is 5.92 Å². The molecule has 138 valence electrons. The summed E-state index contributed by atoms with van der Waals surface area (Å²) in [5.41, 5.74) is 0.974. The van der Waals surface area contributed by atoms with Gasteiger partial charge in [0.15, 0.2) is 0 Å². The largest absolute Gasteiger partial charge is 0.385 e. The lowest BCUT2D eigenvalue weighted by Gasteiger charge is -2.41. The normalized spacial score (nSPS) is 22.5. The van der Waals surface area contributed by atoms with Crippen molar-refractivity contribution >= 4 is 5.91 Å². The predicted molar refractivity (Wildman–Crippen MR) is 99.5 cm³/mol. The summed E-state index contributed by atoms with van der Waals surface area (Å²) in [7, 11) is 1.75. The molecule has 0 aliphatic carbocycles. The third-order valence-corrected chi connectivity index (χ3v) is 5.54. The number of benzene rings is 1. The van der Waals surface area contributed by atoms with Crippen molar-refractivity contribution in [2.75, 3.05) is 53.0 Å². The maximum absolute atomic E-state index is 12.8. The molecule has 25 heavy (non-hydrogen) atoms. The van der Waals surface area contributed by atoms with Crippen LogP contribution in [0.2, 0.25) is 0 Å². The van der Waals surface area contributed by atoms with Gasteiger partial charge in [-0.1, -0.05) is 30.3 Å². The third-order valence-electron chi connectivity index (χ3n) is 5.54. The van der Waals surface area contributed by atoms with E-state index in [1.807, 2.05) is 18.2 Å². The summed E-state index contributed by atoms with van der Waals surface area (Å²) in [6.45, 7) is 6.52. The highest BCUT2D eigenvalue weighted by Gasteiger charge is 2.44. The smallest absolute Gasteiger partial charge is 0.229 e. The number of amides is 1. The van der Waals surface area contributed by atoms with Gasteiger partial charge in [-0.25, -0.2) is 0 Å². The van der Waals surface area contributed by atoms with Crippen LogP contribution in [0.1, 0.15) is 18.4 Å². The zero-order chi connectivity index (χ0) is 17.5. The molecule has 1 aromatic rings. The van der Waals surface area contributed by atoms with E-state index in [-0.39, 0.29) is 11.3 Å². The van der Waals surface area contributed by atoms with Gasteiger partial charge in [0.05, 0.1) is 5.41 Å². The first kappa shape index (κ1) is 18.4. The van der Waals surface area contributed by atoms with Crippen LogP contribution in [0.3, 0.4) is 0 Å². The number of nitrogens with zero attached hydrogens (tertiary/aromatic N) is 1. The molecule has 1 amide bonds. The fourth-order valence-corrected chi connectivity index (χ4v) is 3.92. The molecule has 1 unspecified atom stereocenters. The summed E-state index contributed by atoms with van der Waals surface area (Å²) in [6, 6.07) is 10.3. The maximum atomic E-state index is 12.8. The van der Waals surface area contributed by atoms with Gasteiger partial charge in [-0.05, 0) is 37.3 Å². The second kappa shape index (κ2) is 8.79. The Bertz CT molecular complexity index is 545. The molecule has 0 spiro atoms. The van der Waals surface area contributed by atoms with Crippen LogP contribution in [0.4, 0.5) is 0 Å². The van der Waals surface area contributed by atoms with Crippen LogP contribution in [-0.2, 0) is 16.0 Å². The van der Waals surface area contributed by atoms with Gasteiger partial charge in [-0.15, -0.1) is 0 Å². The van der Waals surface area contributed by atoms with Crippen molar-refractivity contribution in [3.05, 3.63) is 35.9 Å². The molecule has 2 saturated heterocycles. The summed E-state index contributed by atoms with van der Waals surface area (Å²) in [6.07, 6.45) is 3.08. The van der Waals surface area contributed by atoms with Crippen molar-refractivity contribution in [1.29, 1.82) is 0 Å². The van der Waals surface area contributed by atoms with Gasteiger partial charge in [-0.3, -0.25) is 4.79 Å². The fraction of sp³-hybridized carbons (Fsp3) is 0.650. The summed E-state index contributed by atoms with van der Waals surface area (Å²) in [5, 5.41) is 6.53. The molecule has 2 aliphatic heterocycles. The molecule has 2 N–H and O–H groups in total. The Hall–Kier alpha value is -1.43. The number of likely N-dealkylation sites (tertiary alicyclic amines) is 1. The van der Waals surface area contributed by atoms with E-state index in [9.17, 15) is 4.79 Å². The standard InChI is InChI=1S/C20H31N3O2/c1-25-11-5-9-23-10-8-18(14-23)13-22-19(24)20(15-21-16-20)12-17-6-3-2-4-7-17/h2-4,6-7,18,21H,5,8-16H2,1H3,(H,22,24). The Kier molecular flexibility index (Phi) is 6.45. The van der Waals surface area contributed by atoms with Gasteiger partial charge in [0, 0.05) is 46.4 Å². The minimum absolute atomic E-state index is 0.216. The van der Waals surface area contributed by atoms with Crippen LogP contribution in [0.15, 0.2) is 30.3 Å². The van der Waals surface area contributed by atoms with Gasteiger partial charge in [0.2, 0.25) is 5.91 Å². The zero-order valence-electron chi connectivity index (χ0n) is 15.3. The highest BCUT2D eigenvalue weighted by molar-refractivity contribution is 5.84. The Morgan fingerprint density at radius 1 is 1.36 bits per heavy atom. The molecular formula is C20H31N3O2. The monoisotopic (exact) mass is 345 g/mol. The van der Waals surface area contributed by atoms with Crippen LogP contribution < -0.4 is 10.6 Å². The third kappa shape index (κ3) is 4.81. The van der Waals surface area contributed by atoms with Gasteiger partial charge >= 0.3 is 0 Å². The van der Waals surface area contributed by atoms with Crippen LogP contribution >= 0.6 is 0 Å². The number of hydrogen-bond donors (Lipinski definition) is 2. The van der Waals surface area contributed by atoms with Gasteiger partial charge in [-0.2, -0.15) is 0 Å². The molecule has 0 saturated carbocycles. The first-order valence-electron chi connectivity index (χ1n) is 9.46. The van der Waals surface area contributed by atoms with E-state index in [1.54, 1.807) is 7.11 Å². The minimum atomic E-state index is -0.266. The van der Waals surface area contributed by atoms with Gasteiger partial charge in [0.25, 0.3) is 0 Å². The topological polar surface area (TPSA) is 53.6 Å². The van der Waals surface area contributed by atoms with Crippen molar-refractivity contribution < 1.29 is 9.53 Å². The predicted octanol–water partition coefficient (Wildman–Crippen LogP) is 1.29. The number of carbonyl (C=O) groups is 1. The zero-order valence-corrected chi connectivity index (χ0v) is 15.3. The lowest BCUT2D eigenvalue weighted by molar-refractivity contribution is -0.134. The average Bonchev–Trinajstić information content (AvgIpc) is 3.05. The molecular weight excluding hydrogens is 314 g/mol. The number of methoxy groups -OCH3 is 1. The van der Waals surface area contributed by atoms with E-state index in [2.05, 4.69) is 27.7 Å². The number of hydrogen-bond acceptors (Lipinski definition) is 4. The van der Waals surface area contributed by atoms with E-state index in [1.165, 1.54) is 12.0 Å². The molecule has 5 heteroatoms. The number of nitrogens with one attached hydrogen (secondary N) is 2. The minimum Gasteiger partial charge on any atom is -0.385 e. The van der Waals surface area contributed by atoms with Crippen LogP contribution in [-0.4, -0.2) is 63.8 Å². The van der Waals surface area contributed by atoms with E-state index >= 15 is 0 Å². The molecule has 2 heterocycles. The molecule has 2 aliphatic rings. The summed E-state index contributed by atoms with van der Waals surface area (Å²) in [5.74, 6) is 0.793. The summed E-state index contributed by atoms with van der Waals surface area (Å²) in [4.78, 5) is 15.3. The van der Waals surface area contributed by atoms with Crippen LogP contribution in [0.25, 0.3) is 0 Å². The number of ether oxygens (including phenoxy) is 1. The molecule has 1 aromatic carbocycles. The summed E-state index contributed by atoms with van der Waals surface area (Å²) < 4.78 is 5.12. The Labute approximate surface area is 151 Å². The number of rotatable bonds is 9. The second-order valence-electron chi connectivity index (χ2n) is 7.56. The van der Waals surface area contributed by atoms with E-state index < -0.39 is 0 Å². The highest BCUT2D eigenvalue weighted by atomic mass is 16.5. The summed E-state index contributed by atoms with van der Waals surface area (Å²) >= 11 is 0. The maximum Gasteiger partial charge on any atom is 0.229 e. The molecule has 0 aromatic heterocycles. The van der Waals surface area contributed by atoms with E-state index in [0.717, 1.165) is 58.7 Å². The van der Waals surface area contributed by atoms with Crippen molar-refractivity contribution in [2.24, 2.45) is 11.3 Å². The van der Waals surface area contributed by atoms with Crippen LogP contribution in [0, 0.1) is 11.3 Å². The Morgan fingerprint density at radius 3 is 2.84 bits per heavy atom. The van der Waals surface area contributed by atoms with Crippen molar-refractivity contribution in [1.82, 2.24) is 15.5 Å². The Balaban J connectivity index is 1.44. The van der Waals surface area contributed by atoms with Crippen LogP contribution in [0.5, 0.6) is 0 Å².